The van der Waals surface area contributed by atoms with Gasteiger partial charge in [0.05, 0.1) is 18.1 Å². The number of thiophene rings is 1. The van der Waals surface area contributed by atoms with Gasteiger partial charge in [0.15, 0.2) is 5.96 Å². The molecule has 122 valence electrons. The number of rotatable bonds is 3. The molecule has 0 radical (unpaired) electrons. The molecule has 1 aliphatic rings. The number of hydrogen-bond acceptors (Lipinski definition) is 5. The molecule has 1 aromatic heterocycles. The van der Waals surface area contributed by atoms with Gasteiger partial charge in [0.2, 0.25) is 5.91 Å². The predicted octanol–water partition coefficient (Wildman–Crippen LogP) is 3.07. The Morgan fingerprint density at radius 3 is 2.88 bits per heavy atom. The molecule has 5 nitrogen and oxygen atoms in total. The predicted molar refractivity (Wildman–Crippen MR) is 95.4 cm³/mol. The van der Waals surface area contributed by atoms with Crippen LogP contribution in [0.2, 0.25) is 0 Å². The van der Waals surface area contributed by atoms with Crippen LogP contribution in [0, 0.1) is 11.3 Å². The Labute approximate surface area is 145 Å². The summed E-state index contributed by atoms with van der Waals surface area (Å²) in [5, 5.41) is 11.1. The third kappa shape index (κ3) is 2.79. The van der Waals surface area contributed by atoms with Crippen molar-refractivity contribution in [2.45, 2.75) is 25.8 Å². The van der Waals surface area contributed by atoms with Gasteiger partial charge in [-0.25, -0.2) is 4.99 Å². The quantitative estimate of drug-likeness (QED) is 0.933. The van der Waals surface area contributed by atoms with Crippen LogP contribution in [0.5, 0.6) is 0 Å². The third-order valence-corrected chi connectivity index (χ3v) is 5.39. The van der Waals surface area contributed by atoms with Gasteiger partial charge in [0.25, 0.3) is 0 Å². The molecule has 0 unspecified atom stereocenters. The summed E-state index contributed by atoms with van der Waals surface area (Å²) in [6.07, 6.45) is 0.305. The van der Waals surface area contributed by atoms with E-state index in [1.807, 2.05) is 43.5 Å². The average Bonchev–Trinajstić information content (AvgIpc) is 3.05. The monoisotopic (exact) mass is 338 g/mol. The standard InChI is InChI=1S/C18H18N4OS/c1-3-22-16(23)9-18(2,21-17(22)20)15-8-14(11-24-15)13-6-4-5-12(7-13)10-19/h4-8,11H,3,9H2,1-2H3,(H2,20,21)/t18-/m0/s1. The molecule has 0 saturated heterocycles. The first-order chi connectivity index (χ1) is 11.5. The lowest BCUT2D eigenvalue weighted by atomic mass is 9.93. The molecule has 1 atom stereocenters. The normalized spacial score (nSPS) is 20.6. The lowest BCUT2D eigenvalue weighted by Crippen LogP contribution is -2.49. The summed E-state index contributed by atoms with van der Waals surface area (Å²) in [6.45, 7) is 4.35. The van der Waals surface area contributed by atoms with Crippen LogP contribution in [0.3, 0.4) is 0 Å². The van der Waals surface area contributed by atoms with Crippen LogP contribution in [0.1, 0.15) is 30.7 Å². The van der Waals surface area contributed by atoms with Gasteiger partial charge in [0, 0.05) is 11.4 Å². The van der Waals surface area contributed by atoms with Crippen LogP contribution in [-0.4, -0.2) is 23.3 Å². The summed E-state index contributed by atoms with van der Waals surface area (Å²) in [7, 11) is 0. The maximum absolute atomic E-state index is 12.3. The summed E-state index contributed by atoms with van der Waals surface area (Å²) < 4.78 is 0. The zero-order valence-corrected chi connectivity index (χ0v) is 14.4. The number of aliphatic imine (C=N–C) groups is 1. The highest BCUT2D eigenvalue weighted by Gasteiger charge is 2.38. The highest BCUT2D eigenvalue weighted by atomic mass is 32.1. The van der Waals surface area contributed by atoms with Gasteiger partial charge in [-0.1, -0.05) is 12.1 Å². The van der Waals surface area contributed by atoms with Crippen molar-refractivity contribution in [2.24, 2.45) is 10.7 Å². The first kappa shape index (κ1) is 16.2. The second-order valence-corrected chi connectivity index (χ2v) is 6.86. The summed E-state index contributed by atoms with van der Waals surface area (Å²) >= 11 is 1.56. The smallest absolute Gasteiger partial charge is 0.232 e. The van der Waals surface area contributed by atoms with Gasteiger partial charge in [-0.2, -0.15) is 5.26 Å². The first-order valence-electron chi connectivity index (χ1n) is 7.72. The van der Waals surface area contributed by atoms with Gasteiger partial charge in [-0.3, -0.25) is 9.69 Å². The molecule has 3 rings (SSSR count). The summed E-state index contributed by atoms with van der Waals surface area (Å²) in [5.74, 6) is 0.270. The van der Waals surface area contributed by atoms with Crippen LogP contribution >= 0.6 is 11.3 Å². The fourth-order valence-electron chi connectivity index (χ4n) is 2.89. The Balaban J connectivity index is 1.97. The Kier molecular flexibility index (Phi) is 4.12. The van der Waals surface area contributed by atoms with Crippen LogP contribution in [0.25, 0.3) is 11.1 Å². The highest BCUT2D eigenvalue weighted by Crippen LogP contribution is 2.39. The van der Waals surface area contributed by atoms with Gasteiger partial charge >= 0.3 is 0 Å². The molecule has 2 heterocycles. The van der Waals surface area contributed by atoms with E-state index in [1.54, 1.807) is 17.4 Å². The molecule has 1 aliphatic heterocycles. The number of nitrogens with zero attached hydrogens (tertiary/aromatic N) is 3. The van der Waals surface area contributed by atoms with Crippen molar-refractivity contribution in [3.8, 4) is 17.2 Å². The van der Waals surface area contributed by atoms with Gasteiger partial charge in [0.1, 0.15) is 5.54 Å². The molecule has 6 heteroatoms. The number of amides is 1. The lowest BCUT2D eigenvalue weighted by molar-refractivity contribution is -0.129. The number of carbonyl (C=O) groups is 1. The molecule has 0 fully saturated rings. The third-order valence-electron chi connectivity index (χ3n) is 4.21. The fraction of sp³-hybridized carbons (Fsp3) is 0.278. The van der Waals surface area contributed by atoms with Crippen molar-refractivity contribution < 1.29 is 4.79 Å². The molecule has 0 bridgehead atoms. The van der Waals surface area contributed by atoms with Crippen molar-refractivity contribution in [3.63, 3.8) is 0 Å². The fourth-order valence-corrected chi connectivity index (χ4v) is 3.91. The Hall–Kier alpha value is -2.65. The second kappa shape index (κ2) is 6.10. The van der Waals surface area contributed by atoms with E-state index < -0.39 is 5.54 Å². The maximum Gasteiger partial charge on any atom is 0.232 e. The maximum atomic E-state index is 12.3. The van der Waals surface area contributed by atoms with E-state index in [2.05, 4.69) is 11.1 Å². The number of nitrogens with two attached hydrogens (primary N) is 1. The van der Waals surface area contributed by atoms with Crippen molar-refractivity contribution in [1.29, 1.82) is 5.26 Å². The Bertz CT molecular complexity index is 864. The Morgan fingerprint density at radius 1 is 1.42 bits per heavy atom. The van der Waals surface area contributed by atoms with E-state index in [9.17, 15) is 4.79 Å². The van der Waals surface area contributed by atoms with E-state index in [4.69, 9.17) is 11.0 Å². The molecule has 2 aromatic rings. The second-order valence-electron chi connectivity index (χ2n) is 5.95. The van der Waals surface area contributed by atoms with Crippen LogP contribution in [-0.2, 0) is 10.3 Å². The van der Waals surface area contributed by atoms with Crippen molar-refractivity contribution in [1.82, 2.24) is 4.90 Å². The average molecular weight is 338 g/mol. The minimum atomic E-state index is -0.636. The molecule has 1 amide bonds. The minimum Gasteiger partial charge on any atom is -0.369 e. The van der Waals surface area contributed by atoms with Crippen LogP contribution < -0.4 is 5.73 Å². The van der Waals surface area contributed by atoms with Gasteiger partial charge in [-0.05, 0) is 48.6 Å². The van der Waals surface area contributed by atoms with E-state index in [0.717, 1.165) is 16.0 Å². The summed E-state index contributed by atoms with van der Waals surface area (Å²) in [6, 6.07) is 11.7. The van der Waals surface area contributed by atoms with Crippen LogP contribution in [0.15, 0.2) is 40.7 Å². The van der Waals surface area contributed by atoms with E-state index in [-0.39, 0.29) is 11.9 Å². The number of benzene rings is 1. The number of hydrogen-bond donors (Lipinski definition) is 1. The SMILES string of the molecule is CCN1C(=O)C[C@@](C)(c2cc(-c3cccc(C#N)c3)cs2)N=C1N. The summed E-state index contributed by atoms with van der Waals surface area (Å²) in [5.41, 5.74) is 7.96. The highest BCUT2D eigenvalue weighted by molar-refractivity contribution is 7.10. The molecule has 0 aliphatic carbocycles. The zero-order chi connectivity index (χ0) is 17.3. The largest absolute Gasteiger partial charge is 0.369 e. The number of carbonyl (C=O) groups excluding carboxylic acids is 1. The molecule has 0 saturated carbocycles. The van der Waals surface area contributed by atoms with Crippen LogP contribution in [0.4, 0.5) is 0 Å². The Morgan fingerprint density at radius 2 is 2.21 bits per heavy atom. The van der Waals surface area contributed by atoms with Crippen molar-refractivity contribution in [3.05, 3.63) is 46.2 Å². The summed E-state index contributed by atoms with van der Waals surface area (Å²) in [4.78, 5) is 19.4. The van der Waals surface area contributed by atoms with Crippen molar-refractivity contribution in [2.75, 3.05) is 6.54 Å². The van der Waals surface area contributed by atoms with Gasteiger partial charge < -0.3 is 5.73 Å². The molecule has 0 spiro atoms. The molecule has 1 aromatic carbocycles. The topological polar surface area (TPSA) is 82.5 Å². The lowest BCUT2D eigenvalue weighted by Gasteiger charge is -2.33. The minimum absolute atomic E-state index is 0.00562. The van der Waals surface area contributed by atoms with Gasteiger partial charge in [-0.15, -0.1) is 11.3 Å². The number of guanidine groups is 1. The van der Waals surface area contributed by atoms with Crippen molar-refractivity contribution >= 4 is 23.2 Å². The van der Waals surface area contributed by atoms with E-state index >= 15 is 0 Å². The molecule has 24 heavy (non-hydrogen) atoms. The number of nitriles is 1. The van der Waals surface area contributed by atoms with E-state index in [1.165, 1.54) is 4.90 Å². The molecular formula is C18H18N4OS. The zero-order valence-electron chi connectivity index (χ0n) is 13.6. The molecular weight excluding hydrogens is 320 g/mol. The molecule has 2 N–H and O–H groups in total. The van der Waals surface area contributed by atoms with E-state index in [0.29, 0.717) is 18.5 Å². The first-order valence-corrected chi connectivity index (χ1v) is 8.60.